The number of furan rings is 1. The van der Waals surface area contributed by atoms with Gasteiger partial charge in [0, 0.05) is 13.1 Å². The number of rotatable bonds is 4. The van der Waals surface area contributed by atoms with Crippen LogP contribution in [-0.4, -0.2) is 49.9 Å². The zero-order valence-corrected chi connectivity index (χ0v) is 10.4. The number of carbonyl (C=O) groups excluding carboxylic acids is 1. The van der Waals surface area contributed by atoms with Crippen LogP contribution in [0.1, 0.15) is 11.5 Å². The lowest BCUT2D eigenvalue weighted by Crippen LogP contribution is -2.42. The summed E-state index contributed by atoms with van der Waals surface area (Å²) in [6.45, 7) is 5.14. The molecule has 18 heavy (non-hydrogen) atoms. The zero-order valence-electron chi connectivity index (χ0n) is 10.4. The van der Waals surface area contributed by atoms with E-state index in [1.165, 1.54) is 6.21 Å². The van der Waals surface area contributed by atoms with Crippen LogP contribution in [0.3, 0.4) is 0 Å². The average molecular weight is 251 g/mol. The number of amides is 1. The van der Waals surface area contributed by atoms with E-state index in [9.17, 15) is 4.79 Å². The lowest BCUT2D eigenvalue weighted by Gasteiger charge is -2.25. The molecule has 1 aromatic heterocycles. The van der Waals surface area contributed by atoms with Gasteiger partial charge in [-0.2, -0.15) is 5.10 Å². The number of nitrogens with one attached hydrogen (secondary N) is 1. The summed E-state index contributed by atoms with van der Waals surface area (Å²) in [7, 11) is 0. The van der Waals surface area contributed by atoms with Crippen molar-refractivity contribution in [2.45, 2.75) is 6.92 Å². The third-order valence-electron chi connectivity index (χ3n) is 2.61. The molecule has 1 N–H and O–H groups in total. The molecule has 0 atom stereocenters. The number of hydrazone groups is 1. The molecule has 1 aliphatic rings. The summed E-state index contributed by atoms with van der Waals surface area (Å²) >= 11 is 0. The standard InChI is InChI=1S/C12H17N3O3/c1-10-2-3-11(18-10)8-13-14-12(16)9-15-4-6-17-7-5-15/h2-3,8H,4-7,9H2,1H3,(H,14,16)/b13-8+. The highest BCUT2D eigenvalue weighted by Gasteiger charge is 2.13. The zero-order chi connectivity index (χ0) is 12.8. The van der Waals surface area contributed by atoms with Gasteiger partial charge in [0.1, 0.15) is 11.5 Å². The maximum Gasteiger partial charge on any atom is 0.254 e. The molecule has 0 radical (unpaired) electrons. The first-order valence-electron chi connectivity index (χ1n) is 5.92. The van der Waals surface area contributed by atoms with Crippen molar-refractivity contribution in [3.05, 3.63) is 23.7 Å². The SMILES string of the molecule is Cc1ccc(/C=N/NC(=O)CN2CCOCC2)o1. The van der Waals surface area contributed by atoms with Gasteiger partial charge in [-0.25, -0.2) is 5.43 Å². The minimum atomic E-state index is -0.128. The van der Waals surface area contributed by atoms with Crippen LogP contribution in [0, 0.1) is 6.92 Å². The minimum absolute atomic E-state index is 0.128. The van der Waals surface area contributed by atoms with Gasteiger partial charge < -0.3 is 9.15 Å². The summed E-state index contributed by atoms with van der Waals surface area (Å²) < 4.78 is 10.5. The molecule has 0 spiro atoms. The van der Waals surface area contributed by atoms with Gasteiger partial charge in [-0.1, -0.05) is 0 Å². The Kier molecular flexibility index (Phi) is 4.49. The van der Waals surface area contributed by atoms with Crippen molar-refractivity contribution in [3.8, 4) is 0 Å². The third kappa shape index (κ3) is 3.97. The van der Waals surface area contributed by atoms with Crippen LogP contribution in [0.15, 0.2) is 21.7 Å². The van der Waals surface area contributed by atoms with Crippen LogP contribution < -0.4 is 5.43 Å². The molecule has 0 saturated carbocycles. The summed E-state index contributed by atoms with van der Waals surface area (Å²) in [6, 6.07) is 3.64. The Morgan fingerprint density at radius 1 is 1.50 bits per heavy atom. The van der Waals surface area contributed by atoms with Crippen LogP contribution in [0.5, 0.6) is 0 Å². The molecule has 2 heterocycles. The third-order valence-corrected chi connectivity index (χ3v) is 2.61. The molecular formula is C12H17N3O3. The predicted molar refractivity (Wildman–Crippen MR) is 66.4 cm³/mol. The first-order valence-corrected chi connectivity index (χ1v) is 5.92. The lowest BCUT2D eigenvalue weighted by molar-refractivity contribution is -0.123. The Morgan fingerprint density at radius 2 is 2.28 bits per heavy atom. The molecule has 1 aromatic rings. The first-order chi connectivity index (χ1) is 8.74. The van der Waals surface area contributed by atoms with Gasteiger partial charge in [0.05, 0.1) is 26.0 Å². The van der Waals surface area contributed by atoms with E-state index >= 15 is 0 Å². The van der Waals surface area contributed by atoms with Crippen LogP contribution in [-0.2, 0) is 9.53 Å². The fraction of sp³-hybridized carbons (Fsp3) is 0.500. The quantitative estimate of drug-likeness (QED) is 0.620. The molecule has 1 fully saturated rings. The molecule has 0 unspecified atom stereocenters. The van der Waals surface area contributed by atoms with Gasteiger partial charge in [0.25, 0.3) is 5.91 Å². The van der Waals surface area contributed by atoms with E-state index in [2.05, 4.69) is 10.5 Å². The van der Waals surface area contributed by atoms with Crippen molar-refractivity contribution >= 4 is 12.1 Å². The molecule has 0 aliphatic carbocycles. The van der Waals surface area contributed by atoms with Gasteiger partial charge >= 0.3 is 0 Å². The van der Waals surface area contributed by atoms with E-state index in [0.717, 1.165) is 18.8 Å². The first kappa shape index (κ1) is 12.8. The van der Waals surface area contributed by atoms with E-state index < -0.39 is 0 Å². The molecule has 0 bridgehead atoms. The van der Waals surface area contributed by atoms with Gasteiger partial charge in [-0.05, 0) is 19.1 Å². The van der Waals surface area contributed by atoms with Gasteiger partial charge in [-0.3, -0.25) is 9.69 Å². The molecule has 6 heteroatoms. The van der Waals surface area contributed by atoms with E-state index in [4.69, 9.17) is 9.15 Å². The van der Waals surface area contributed by atoms with Crippen molar-refractivity contribution in [2.24, 2.45) is 5.10 Å². The smallest absolute Gasteiger partial charge is 0.254 e. The highest BCUT2D eigenvalue weighted by Crippen LogP contribution is 2.02. The monoisotopic (exact) mass is 251 g/mol. The highest BCUT2D eigenvalue weighted by atomic mass is 16.5. The van der Waals surface area contributed by atoms with E-state index in [1.54, 1.807) is 6.07 Å². The van der Waals surface area contributed by atoms with Crippen LogP contribution >= 0.6 is 0 Å². The number of nitrogens with zero attached hydrogens (tertiary/aromatic N) is 2. The summed E-state index contributed by atoms with van der Waals surface area (Å²) in [4.78, 5) is 13.6. The summed E-state index contributed by atoms with van der Waals surface area (Å²) in [5, 5.41) is 3.84. The van der Waals surface area contributed by atoms with Crippen LogP contribution in [0.4, 0.5) is 0 Å². The summed E-state index contributed by atoms with van der Waals surface area (Å²) in [5.74, 6) is 1.31. The lowest BCUT2D eigenvalue weighted by atomic mass is 10.4. The highest BCUT2D eigenvalue weighted by molar-refractivity contribution is 5.81. The second kappa shape index (κ2) is 6.32. The molecule has 6 nitrogen and oxygen atoms in total. The Balaban J connectivity index is 1.72. The Labute approximate surface area is 106 Å². The van der Waals surface area contributed by atoms with E-state index in [1.807, 2.05) is 17.9 Å². The largest absolute Gasteiger partial charge is 0.460 e. The van der Waals surface area contributed by atoms with Crippen molar-refractivity contribution in [3.63, 3.8) is 0 Å². The van der Waals surface area contributed by atoms with Gasteiger partial charge in [-0.15, -0.1) is 0 Å². The Hall–Kier alpha value is -1.66. The minimum Gasteiger partial charge on any atom is -0.460 e. The van der Waals surface area contributed by atoms with Crippen LogP contribution in [0.25, 0.3) is 0 Å². The van der Waals surface area contributed by atoms with Gasteiger partial charge in [0.15, 0.2) is 0 Å². The predicted octanol–water partition coefficient (Wildman–Crippen LogP) is 0.370. The maximum absolute atomic E-state index is 11.6. The Bertz CT molecular complexity index is 422. The molecule has 2 rings (SSSR count). The number of ether oxygens (including phenoxy) is 1. The number of carbonyl (C=O) groups is 1. The molecule has 1 saturated heterocycles. The van der Waals surface area contributed by atoms with Crippen molar-refractivity contribution in [1.82, 2.24) is 10.3 Å². The molecule has 1 amide bonds. The fourth-order valence-electron chi connectivity index (χ4n) is 1.69. The number of hydrogen-bond donors (Lipinski definition) is 1. The number of aryl methyl sites for hydroxylation is 1. The Morgan fingerprint density at radius 3 is 2.94 bits per heavy atom. The molecular weight excluding hydrogens is 234 g/mol. The topological polar surface area (TPSA) is 67.1 Å². The summed E-state index contributed by atoms with van der Waals surface area (Å²) in [6.07, 6.45) is 1.49. The number of morpholine rings is 1. The summed E-state index contributed by atoms with van der Waals surface area (Å²) in [5.41, 5.74) is 2.48. The molecule has 1 aliphatic heterocycles. The number of hydrogen-bond acceptors (Lipinski definition) is 5. The van der Waals surface area contributed by atoms with Crippen molar-refractivity contribution in [2.75, 3.05) is 32.8 Å². The molecule has 0 aromatic carbocycles. The maximum atomic E-state index is 11.6. The second-order valence-electron chi connectivity index (χ2n) is 4.13. The van der Waals surface area contributed by atoms with Crippen molar-refractivity contribution < 1.29 is 13.9 Å². The second-order valence-corrected chi connectivity index (χ2v) is 4.13. The van der Waals surface area contributed by atoms with Crippen molar-refractivity contribution in [1.29, 1.82) is 0 Å². The van der Waals surface area contributed by atoms with Gasteiger partial charge in [0.2, 0.25) is 0 Å². The normalized spacial score (nSPS) is 17.2. The van der Waals surface area contributed by atoms with E-state index in [0.29, 0.717) is 25.5 Å². The van der Waals surface area contributed by atoms with E-state index in [-0.39, 0.29) is 5.91 Å². The van der Waals surface area contributed by atoms with Crippen LogP contribution in [0.2, 0.25) is 0 Å². The molecule has 98 valence electrons. The fourth-order valence-corrected chi connectivity index (χ4v) is 1.69. The average Bonchev–Trinajstić information content (AvgIpc) is 2.76.